The monoisotopic (exact) mass is 461 g/mol. The van der Waals surface area contributed by atoms with Crippen LogP contribution in [0.5, 0.6) is 5.75 Å². The molecule has 0 N–H and O–H groups in total. The number of hydrogen-bond donors (Lipinski definition) is 0. The number of ether oxygens (including phenoxy) is 1. The molecule has 2 heterocycles. The Kier molecular flexibility index (Phi) is 6.45. The molecule has 0 spiro atoms. The van der Waals surface area contributed by atoms with Crippen molar-refractivity contribution >= 4 is 39.1 Å². The number of rotatable bonds is 4. The largest absolute Gasteiger partial charge is 0.495 e. The maximum atomic E-state index is 13.4. The molecule has 9 heteroatoms. The fourth-order valence-corrected chi connectivity index (χ4v) is 6.47. The molecule has 4 rings (SSSR count). The van der Waals surface area contributed by atoms with Gasteiger partial charge in [-0.05, 0) is 42.5 Å². The molecule has 0 unspecified atom stereocenters. The molecule has 2 aliphatic heterocycles. The number of nitrogens with zero attached hydrogens (tertiary/aromatic N) is 3. The Morgan fingerprint density at radius 3 is 2.45 bits per heavy atom. The fourth-order valence-electron chi connectivity index (χ4n) is 4.05. The SMILES string of the molecule is COc1ccccc1N1CCN(S(=O)(=O)c2ccc3c(c2)N(C(C)=O)CCCS3)CC1. The molecule has 166 valence electrons. The van der Waals surface area contributed by atoms with Crippen molar-refractivity contribution in [3.63, 3.8) is 0 Å². The van der Waals surface area contributed by atoms with Gasteiger partial charge in [-0.2, -0.15) is 4.31 Å². The first kappa shape index (κ1) is 22.0. The highest BCUT2D eigenvalue weighted by atomic mass is 32.2. The molecule has 1 amide bonds. The number of carbonyl (C=O) groups excluding carboxylic acids is 1. The predicted molar refractivity (Wildman–Crippen MR) is 124 cm³/mol. The van der Waals surface area contributed by atoms with Gasteiger partial charge in [0.25, 0.3) is 0 Å². The zero-order valence-electron chi connectivity index (χ0n) is 17.8. The number of amides is 1. The third-order valence-electron chi connectivity index (χ3n) is 5.69. The van der Waals surface area contributed by atoms with E-state index in [-0.39, 0.29) is 10.8 Å². The zero-order chi connectivity index (χ0) is 22.0. The van der Waals surface area contributed by atoms with Crippen LogP contribution in [0.4, 0.5) is 11.4 Å². The highest BCUT2D eigenvalue weighted by Gasteiger charge is 2.31. The van der Waals surface area contributed by atoms with Crippen molar-refractivity contribution in [2.75, 3.05) is 55.4 Å². The average Bonchev–Trinajstić information content (AvgIpc) is 3.01. The maximum absolute atomic E-state index is 13.4. The van der Waals surface area contributed by atoms with E-state index in [1.807, 2.05) is 30.3 Å². The van der Waals surface area contributed by atoms with Crippen molar-refractivity contribution in [3.05, 3.63) is 42.5 Å². The van der Waals surface area contributed by atoms with Gasteiger partial charge in [0.1, 0.15) is 5.75 Å². The molecule has 0 bridgehead atoms. The minimum atomic E-state index is -3.65. The summed E-state index contributed by atoms with van der Waals surface area (Å²) in [5.74, 6) is 1.63. The molecule has 0 aliphatic carbocycles. The van der Waals surface area contributed by atoms with E-state index in [0.29, 0.717) is 38.4 Å². The van der Waals surface area contributed by atoms with Gasteiger partial charge in [-0.1, -0.05) is 12.1 Å². The molecule has 2 aliphatic rings. The Morgan fingerprint density at radius 1 is 1.00 bits per heavy atom. The molecule has 1 fully saturated rings. The molecule has 0 radical (unpaired) electrons. The van der Waals surface area contributed by atoms with Crippen molar-refractivity contribution in [3.8, 4) is 5.75 Å². The van der Waals surface area contributed by atoms with E-state index in [2.05, 4.69) is 4.90 Å². The van der Waals surface area contributed by atoms with Crippen LogP contribution in [-0.4, -0.2) is 64.2 Å². The van der Waals surface area contributed by atoms with Crippen molar-refractivity contribution in [1.29, 1.82) is 0 Å². The van der Waals surface area contributed by atoms with Gasteiger partial charge in [-0.15, -0.1) is 11.8 Å². The van der Waals surface area contributed by atoms with E-state index in [4.69, 9.17) is 4.74 Å². The number of hydrogen-bond acceptors (Lipinski definition) is 6. The Hall–Kier alpha value is -2.23. The summed E-state index contributed by atoms with van der Waals surface area (Å²) in [6.45, 7) is 4.08. The number of para-hydroxylation sites is 2. The van der Waals surface area contributed by atoms with Gasteiger partial charge in [-0.25, -0.2) is 8.42 Å². The molecular weight excluding hydrogens is 434 g/mol. The van der Waals surface area contributed by atoms with Crippen LogP contribution >= 0.6 is 11.8 Å². The number of benzene rings is 2. The second-order valence-electron chi connectivity index (χ2n) is 7.57. The summed E-state index contributed by atoms with van der Waals surface area (Å²) >= 11 is 1.67. The van der Waals surface area contributed by atoms with Crippen molar-refractivity contribution in [1.82, 2.24) is 4.31 Å². The van der Waals surface area contributed by atoms with Gasteiger partial charge < -0.3 is 14.5 Å². The van der Waals surface area contributed by atoms with Crippen LogP contribution in [0.25, 0.3) is 0 Å². The van der Waals surface area contributed by atoms with Crippen LogP contribution in [0, 0.1) is 0 Å². The Balaban J connectivity index is 1.55. The van der Waals surface area contributed by atoms with Crippen molar-refractivity contribution in [2.24, 2.45) is 0 Å². The quantitative estimate of drug-likeness (QED) is 0.697. The minimum absolute atomic E-state index is 0.0660. The number of piperazine rings is 1. The fraction of sp³-hybridized carbons (Fsp3) is 0.409. The van der Waals surface area contributed by atoms with E-state index in [1.165, 1.54) is 11.2 Å². The zero-order valence-corrected chi connectivity index (χ0v) is 19.4. The van der Waals surface area contributed by atoms with Crippen molar-refractivity contribution < 1.29 is 17.9 Å². The van der Waals surface area contributed by atoms with Crippen LogP contribution in [0.2, 0.25) is 0 Å². The van der Waals surface area contributed by atoms with Crippen LogP contribution in [0.1, 0.15) is 13.3 Å². The van der Waals surface area contributed by atoms with Crippen LogP contribution in [0.3, 0.4) is 0 Å². The molecule has 0 saturated carbocycles. The normalized spacial score (nSPS) is 17.7. The first-order chi connectivity index (χ1) is 14.9. The van der Waals surface area contributed by atoms with Gasteiger partial charge >= 0.3 is 0 Å². The maximum Gasteiger partial charge on any atom is 0.243 e. The third kappa shape index (κ3) is 4.40. The topological polar surface area (TPSA) is 70.2 Å². The van der Waals surface area contributed by atoms with E-state index in [0.717, 1.165) is 28.5 Å². The lowest BCUT2D eigenvalue weighted by Crippen LogP contribution is -2.48. The number of thioether (sulfide) groups is 1. The molecular formula is C22H27N3O4S2. The summed E-state index contributed by atoms with van der Waals surface area (Å²) in [7, 11) is -2.01. The van der Waals surface area contributed by atoms with E-state index >= 15 is 0 Å². The summed E-state index contributed by atoms with van der Waals surface area (Å²) < 4.78 is 33.7. The first-order valence-corrected chi connectivity index (χ1v) is 12.8. The molecule has 7 nitrogen and oxygen atoms in total. The van der Waals surface area contributed by atoms with Gasteiger partial charge in [0.05, 0.1) is 23.4 Å². The van der Waals surface area contributed by atoms with Gasteiger partial charge in [0.2, 0.25) is 15.9 Å². The lowest BCUT2D eigenvalue weighted by molar-refractivity contribution is -0.116. The molecule has 31 heavy (non-hydrogen) atoms. The summed E-state index contributed by atoms with van der Waals surface area (Å²) in [5, 5.41) is 0. The molecule has 0 aromatic heterocycles. The van der Waals surface area contributed by atoms with Crippen LogP contribution < -0.4 is 14.5 Å². The van der Waals surface area contributed by atoms with Crippen LogP contribution in [-0.2, 0) is 14.8 Å². The Labute approximate surface area is 188 Å². The summed E-state index contributed by atoms with van der Waals surface area (Å²) in [5.41, 5.74) is 1.67. The number of carbonyl (C=O) groups is 1. The molecule has 2 aromatic carbocycles. The average molecular weight is 462 g/mol. The first-order valence-electron chi connectivity index (χ1n) is 10.3. The lowest BCUT2D eigenvalue weighted by Gasteiger charge is -2.36. The molecule has 0 atom stereocenters. The minimum Gasteiger partial charge on any atom is -0.495 e. The highest BCUT2D eigenvalue weighted by Crippen LogP contribution is 2.36. The van der Waals surface area contributed by atoms with Gasteiger partial charge in [0.15, 0.2) is 0 Å². The molecule has 1 saturated heterocycles. The Bertz CT molecular complexity index is 1070. The summed E-state index contributed by atoms with van der Waals surface area (Å²) in [6.07, 6.45) is 0.881. The van der Waals surface area contributed by atoms with Gasteiger partial charge in [0, 0.05) is 44.5 Å². The highest BCUT2D eigenvalue weighted by molar-refractivity contribution is 7.99. The standard InChI is InChI=1S/C22H27N3O4S2/c1-17(26)25-10-5-15-30-22-9-8-18(16-20(22)25)31(27,28)24-13-11-23(12-14-24)19-6-3-4-7-21(19)29-2/h3-4,6-9,16H,5,10-15H2,1-2H3. The van der Waals surface area contributed by atoms with Crippen LogP contribution in [0.15, 0.2) is 52.3 Å². The van der Waals surface area contributed by atoms with E-state index in [1.54, 1.807) is 35.9 Å². The molecule has 2 aromatic rings. The third-order valence-corrected chi connectivity index (χ3v) is 8.73. The lowest BCUT2D eigenvalue weighted by atomic mass is 10.2. The van der Waals surface area contributed by atoms with E-state index < -0.39 is 10.0 Å². The second-order valence-corrected chi connectivity index (χ2v) is 10.6. The van der Waals surface area contributed by atoms with Crippen molar-refractivity contribution in [2.45, 2.75) is 23.1 Å². The number of methoxy groups -OCH3 is 1. The summed E-state index contributed by atoms with van der Waals surface area (Å²) in [6, 6.07) is 12.9. The Morgan fingerprint density at radius 2 is 1.74 bits per heavy atom. The number of fused-ring (bicyclic) bond motifs is 1. The predicted octanol–water partition coefficient (Wildman–Crippen LogP) is 3.05. The smallest absolute Gasteiger partial charge is 0.243 e. The summed E-state index contributed by atoms with van der Waals surface area (Å²) in [4.78, 5) is 17.2. The van der Waals surface area contributed by atoms with E-state index in [9.17, 15) is 13.2 Å². The number of sulfonamides is 1. The number of anilines is 2. The van der Waals surface area contributed by atoms with Gasteiger partial charge in [-0.3, -0.25) is 4.79 Å². The second kappa shape index (κ2) is 9.10.